The van der Waals surface area contributed by atoms with Crippen molar-refractivity contribution in [3.8, 4) is 0 Å². The van der Waals surface area contributed by atoms with E-state index in [1.54, 1.807) is 0 Å². The normalized spacial score (nSPS) is 11.7. The third-order valence-corrected chi connectivity index (χ3v) is 4.49. The molecule has 1 aromatic carbocycles. The molecule has 1 aromatic rings. The van der Waals surface area contributed by atoms with Gasteiger partial charge in [-0.25, -0.2) is 8.42 Å². The van der Waals surface area contributed by atoms with Gasteiger partial charge in [-0.3, -0.25) is 0 Å². The second-order valence-corrected chi connectivity index (χ2v) is 6.49. The zero-order valence-electron chi connectivity index (χ0n) is 8.83. The van der Waals surface area contributed by atoms with E-state index in [0.29, 0.717) is 17.5 Å². The molecule has 3 nitrogen and oxygen atoms in total. The van der Waals surface area contributed by atoms with Gasteiger partial charge in [-0.15, -0.1) is 11.6 Å². The molecular formula is C10H11Cl3O3S. The van der Waals surface area contributed by atoms with Crippen LogP contribution < -0.4 is 0 Å². The lowest BCUT2D eigenvalue weighted by Crippen LogP contribution is -2.13. The van der Waals surface area contributed by atoms with Crippen molar-refractivity contribution in [3.05, 3.63) is 28.2 Å². The van der Waals surface area contributed by atoms with E-state index in [0.717, 1.165) is 0 Å². The number of hydrogen-bond acceptors (Lipinski definition) is 3. The summed E-state index contributed by atoms with van der Waals surface area (Å²) in [5, 5.41) is 0.487. The molecule has 0 aliphatic rings. The van der Waals surface area contributed by atoms with Crippen LogP contribution in [0.3, 0.4) is 0 Å². The van der Waals surface area contributed by atoms with Gasteiger partial charge in [0.05, 0.1) is 28.9 Å². The maximum absolute atomic E-state index is 11.9. The molecule has 0 aliphatic carbocycles. The van der Waals surface area contributed by atoms with E-state index < -0.39 is 9.84 Å². The molecule has 0 aromatic heterocycles. The van der Waals surface area contributed by atoms with E-state index in [2.05, 4.69) is 0 Å². The summed E-state index contributed by atoms with van der Waals surface area (Å²) in [5.74, 6) is 0.182. The van der Waals surface area contributed by atoms with E-state index in [1.165, 1.54) is 18.2 Å². The SMILES string of the molecule is O=S(=O)(CCOCCCl)c1cc(Cl)ccc1Cl. The molecule has 0 radical (unpaired) electrons. The Kier molecular flexibility index (Phi) is 6.03. The molecule has 0 aliphatic heterocycles. The monoisotopic (exact) mass is 316 g/mol. The molecule has 17 heavy (non-hydrogen) atoms. The van der Waals surface area contributed by atoms with Gasteiger partial charge in [-0.1, -0.05) is 23.2 Å². The molecule has 0 amide bonds. The van der Waals surface area contributed by atoms with E-state index >= 15 is 0 Å². The van der Waals surface area contributed by atoms with Gasteiger partial charge in [-0.2, -0.15) is 0 Å². The Bertz CT molecular complexity index is 474. The summed E-state index contributed by atoms with van der Waals surface area (Å²) in [6, 6.07) is 4.32. The van der Waals surface area contributed by atoms with Gasteiger partial charge >= 0.3 is 0 Å². The fourth-order valence-corrected chi connectivity index (χ4v) is 3.20. The standard InChI is InChI=1S/C10H11Cl3O3S/c11-3-4-16-5-6-17(14,15)10-7-8(12)1-2-9(10)13/h1-2,7H,3-6H2. The van der Waals surface area contributed by atoms with E-state index in [-0.39, 0.29) is 22.3 Å². The molecule has 7 heteroatoms. The minimum absolute atomic E-state index is 0.0288. The van der Waals surface area contributed by atoms with Crippen LogP contribution in [0.2, 0.25) is 10.0 Å². The van der Waals surface area contributed by atoms with Crippen molar-refractivity contribution in [2.24, 2.45) is 0 Å². The highest BCUT2D eigenvalue weighted by Crippen LogP contribution is 2.25. The van der Waals surface area contributed by atoms with Gasteiger partial charge < -0.3 is 4.74 Å². The largest absolute Gasteiger partial charge is 0.379 e. The number of alkyl halides is 1. The lowest BCUT2D eigenvalue weighted by Gasteiger charge is -2.07. The van der Waals surface area contributed by atoms with Crippen LogP contribution in [-0.4, -0.2) is 33.3 Å². The van der Waals surface area contributed by atoms with Crippen LogP contribution in [0.1, 0.15) is 0 Å². The lowest BCUT2D eigenvalue weighted by molar-refractivity contribution is 0.165. The minimum Gasteiger partial charge on any atom is -0.379 e. The summed E-state index contributed by atoms with van der Waals surface area (Å²) in [6.45, 7) is 0.401. The predicted molar refractivity (Wildman–Crippen MR) is 70.1 cm³/mol. The van der Waals surface area contributed by atoms with Crippen molar-refractivity contribution in [1.82, 2.24) is 0 Å². The summed E-state index contributed by atoms with van der Waals surface area (Å²) in [6.07, 6.45) is 0. The highest BCUT2D eigenvalue weighted by molar-refractivity contribution is 7.91. The van der Waals surface area contributed by atoms with Crippen LogP contribution in [0.15, 0.2) is 23.1 Å². The molecule has 0 atom stereocenters. The fraction of sp³-hybridized carbons (Fsp3) is 0.400. The predicted octanol–water partition coefficient (Wildman–Crippen LogP) is 3.02. The number of ether oxygens (including phenoxy) is 1. The third-order valence-electron chi connectivity index (χ3n) is 1.95. The Morgan fingerprint density at radius 2 is 1.88 bits per heavy atom. The van der Waals surface area contributed by atoms with Crippen molar-refractivity contribution in [2.75, 3.05) is 24.8 Å². The van der Waals surface area contributed by atoms with Crippen molar-refractivity contribution in [3.63, 3.8) is 0 Å². The Morgan fingerprint density at radius 1 is 1.18 bits per heavy atom. The molecule has 96 valence electrons. The maximum Gasteiger partial charge on any atom is 0.182 e. The van der Waals surface area contributed by atoms with Crippen LogP contribution in [0.25, 0.3) is 0 Å². The lowest BCUT2D eigenvalue weighted by atomic mass is 10.4. The van der Waals surface area contributed by atoms with Crippen LogP contribution >= 0.6 is 34.8 Å². The average Bonchev–Trinajstić information content (AvgIpc) is 2.28. The average molecular weight is 318 g/mol. The van der Waals surface area contributed by atoms with Crippen LogP contribution in [0, 0.1) is 0 Å². The quantitative estimate of drug-likeness (QED) is 0.598. The number of hydrogen-bond donors (Lipinski definition) is 0. The van der Waals surface area contributed by atoms with Gasteiger partial charge in [0.1, 0.15) is 0 Å². The van der Waals surface area contributed by atoms with Crippen molar-refractivity contribution < 1.29 is 13.2 Å². The Hall–Kier alpha value is -0.000000000000000167. The van der Waals surface area contributed by atoms with E-state index in [1.807, 2.05) is 0 Å². The van der Waals surface area contributed by atoms with Crippen LogP contribution in [0.5, 0.6) is 0 Å². The van der Waals surface area contributed by atoms with Gasteiger partial charge in [0.2, 0.25) is 0 Å². The Morgan fingerprint density at radius 3 is 2.53 bits per heavy atom. The molecule has 0 fully saturated rings. The molecule has 0 spiro atoms. The summed E-state index contributed by atoms with van der Waals surface area (Å²) >= 11 is 17.0. The van der Waals surface area contributed by atoms with Crippen molar-refractivity contribution in [2.45, 2.75) is 4.90 Å². The highest BCUT2D eigenvalue weighted by Gasteiger charge is 2.18. The number of benzene rings is 1. The van der Waals surface area contributed by atoms with Gasteiger partial charge in [0.25, 0.3) is 0 Å². The number of halogens is 3. The third kappa shape index (κ3) is 4.64. The molecule has 0 saturated carbocycles. The second-order valence-electron chi connectivity index (χ2n) is 3.19. The minimum atomic E-state index is -3.48. The van der Waals surface area contributed by atoms with Gasteiger partial charge in [0, 0.05) is 10.9 Å². The molecule has 0 N–H and O–H groups in total. The Labute approximate surface area is 116 Å². The van der Waals surface area contributed by atoms with Crippen molar-refractivity contribution >= 4 is 44.6 Å². The highest BCUT2D eigenvalue weighted by atomic mass is 35.5. The summed E-state index contributed by atoms with van der Waals surface area (Å²) in [4.78, 5) is 0.0288. The molecule has 0 heterocycles. The maximum atomic E-state index is 11.9. The molecule has 1 rings (SSSR count). The fourth-order valence-electron chi connectivity index (χ4n) is 1.15. The first kappa shape index (κ1) is 15.1. The second kappa shape index (κ2) is 6.81. The first-order valence-corrected chi connectivity index (χ1v) is 7.73. The smallest absolute Gasteiger partial charge is 0.182 e. The molecule has 0 bridgehead atoms. The molecule has 0 unspecified atom stereocenters. The van der Waals surface area contributed by atoms with E-state index in [9.17, 15) is 8.42 Å². The zero-order chi connectivity index (χ0) is 12.9. The first-order valence-electron chi connectivity index (χ1n) is 4.79. The Balaban J connectivity index is 2.79. The number of rotatable bonds is 6. The summed E-state index contributed by atoms with van der Waals surface area (Å²) in [7, 11) is -3.48. The van der Waals surface area contributed by atoms with E-state index in [4.69, 9.17) is 39.5 Å². The number of sulfone groups is 1. The summed E-state index contributed by atoms with van der Waals surface area (Å²) < 4.78 is 28.8. The van der Waals surface area contributed by atoms with Crippen LogP contribution in [-0.2, 0) is 14.6 Å². The topological polar surface area (TPSA) is 43.4 Å². The molecule has 0 saturated heterocycles. The van der Waals surface area contributed by atoms with Crippen molar-refractivity contribution in [1.29, 1.82) is 0 Å². The van der Waals surface area contributed by atoms with Gasteiger partial charge in [-0.05, 0) is 18.2 Å². The van der Waals surface area contributed by atoms with Crippen LogP contribution in [0.4, 0.5) is 0 Å². The van der Waals surface area contributed by atoms with Gasteiger partial charge in [0.15, 0.2) is 9.84 Å². The first-order chi connectivity index (χ1) is 7.97. The molecular weight excluding hydrogens is 307 g/mol. The zero-order valence-corrected chi connectivity index (χ0v) is 11.9. The summed E-state index contributed by atoms with van der Waals surface area (Å²) in [5.41, 5.74) is 0.